The van der Waals surface area contributed by atoms with Gasteiger partial charge in [-0.2, -0.15) is 23.7 Å². The second-order valence-electron chi connectivity index (χ2n) is 2.93. The van der Waals surface area contributed by atoms with Crippen LogP contribution < -0.4 is 0 Å². The molecule has 0 aromatic heterocycles. The third kappa shape index (κ3) is 2.29. The summed E-state index contributed by atoms with van der Waals surface area (Å²) in [5.41, 5.74) is -2.30. The highest BCUT2D eigenvalue weighted by molar-refractivity contribution is 5.47. The number of halogens is 4. The fourth-order valence-electron chi connectivity index (χ4n) is 1.24. The van der Waals surface area contributed by atoms with Gasteiger partial charge in [0.2, 0.25) is 0 Å². The van der Waals surface area contributed by atoms with Gasteiger partial charge >= 0.3 is 6.18 Å². The number of nitrogens with zero attached hydrogens (tertiary/aromatic N) is 2. The number of hydrogen-bond donors (Lipinski definition) is 0. The first-order valence-corrected chi connectivity index (χ1v) is 4.06. The second kappa shape index (κ2) is 4.19. The Morgan fingerprint density at radius 1 is 1.19 bits per heavy atom. The zero-order valence-corrected chi connectivity index (χ0v) is 7.77. The smallest absolute Gasteiger partial charge is 0.207 e. The Balaban J connectivity index is 3.51. The van der Waals surface area contributed by atoms with E-state index in [9.17, 15) is 17.6 Å². The third-order valence-corrected chi connectivity index (χ3v) is 1.87. The van der Waals surface area contributed by atoms with Crippen LogP contribution in [0.3, 0.4) is 0 Å². The van der Waals surface area contributed by atoms with Crippen molar-refractivity contribution in [3.05, 3.63) is 34.6 Å². The van der Waals surface area contributed by atoms with E-state index in [-0.39, 0.29) is 11.6 Å². The average Bonchev–Trinajstić information content (AvgIpc) is 2.16. The van der Waals surface area contributed by atoms with Crippen molar-refractivity contribution in [1.82, 2.24) is 0 Å². The van der Waals surface area contributed by atoms with Gasteiger partial charge in [-0.1, -0.05) is 0 Å². The van der Waals surface area contributed by atoms with Gasteiger partial charge in [0.1, 0.15) is 11.9 Å². The first-order valence-electron chi connectivity index (χ1n) is 4.06. The highest BCUT2D eigenvalue weighted by Gasteiger charge is 2.35. The van der Waals surface area contributed by atoms with Crippen molar-refractivity contribution in [1.29, 1.82) is 10.5 Å². The van der Waals surface area contributed by atoms with Crippen LogP contribution in [0.5, 0.6) is 0 Å². The fraction of sp³-hybridized carbons (Fsp3) is 0.200. The largest absolute Gasteiger partial charge is 0.417 e. The summed E-state index contributed by atoms with van der Waals surface area (Å²) in [7, 11) is 0. The summed E-state index contributed by atoms with van der Waals surface area (Å²) in [5, 5.41) is 17.0. The molecule has 0 saturated carbocycles. The van der Waals surface area contributed by atoms with Crippen molar-refractivity contribution in [2.45, 2.75) is 12.6 Å². The minimum absolute atomic E-state index is 0.249. The van der Waals surface area contributed by atoms with Crippen LogP contribution in [-0.4, -0.2) is 0 Å². The van der Waals surface area contributed by atoms with Gasteiger partial charge in [0.15, 0.2) is 0 Å². The van der Waals surface area contributed by atoms with Crippen LogP contribution in [0, 0.1) is 28.5 Å². The van der Waals surface area contributed by atoms with Crippen molar-refractivity contribution in [3.8, 4) is 12.1 Å². The molecule has 0 radical (unpaired) electrons. The maximum atomic E-state index is 12.9. The van der Waals surface area contributed by atoms with Crippen LogP contribution >= 0.6 is 0 Å². The molecule has 1 aromatic carbocycles. The molecule has 0 fully saturated rings. The molecule has 2 nitrogen and oxygen atoms in total. The molecular weight excluding hydrogens is 224 g/mol. The molecular formula is C10H4F4N2. The summed E-state index contributed by atoms with van der Waals surface area (Å²) in [6.07, 6.45) is -5.25. The van der Waals surface area contributed by atoms with Crippen molar-refractivity contribution >= 4 is 0 Å². The maximum absolute atomic E-state index is 12.9. The Bertz CT molecular complexity index is 491. The molecule has 0 heterocycles. The Labute approximate surface area is 88.3 Å². The molecule has 0 spiro atoms. The van der Waals surface area contributed by atoms with E-state index in [1.54, 1.807) is 6.07 Å². The molecule has 1 aromatic rings. The summed E-state index contributed by atoms with van der Waals surface area (Å²) in [6, 6.07) is 3.93. The molecule has 0 N–H and O–H groups in total. The molecule has 0 unspecified atom stereocenters. The predicted molar refractivity (Wildman–Crippen MR) is 45.4 cm³/mol. The molecule has 0 saturated heterocycles. The first-order chi connectivity index (χ1) is 7.40. The molecule has 0 atom stereocenters. The Morgan fingerprint density at radius 3 is 2.25 bits per heavy atom. The highest BCUT2D eigenvalue weighted by Crippen LogP contribution is 2.33. The Kier molecular flexibility index (Phi) is 3.14. The number of alkyl halides is 3. The van der Waals surface area contributed by atoms with Crippen LogP contribution in [0.1, 0.15) is 16.7 Å². The van der Waals surface area contributed by atoms with Crippen molar-refractivity contribution in [2.24, 2.45) is 0 Å². The maximum Gasteiger partial charge on any atom is 0.417 e. The molecule has 16 heavy (non-hydrogen) atoms. The van der Waals surface area contributed by atoms with Gasteiger partial charge in [0, 0.05) is 0 Å². The van der Waals surface area contributed by atoms with Crippen molar-refractivity contribution in [2.75, 3.05) is 0 Å². The normalized spacial score (nSPS) is 10.6. The number of nitriles is 2. The number of benzene rings is 1. The summed E-state index contributed by atoms with van der Waals surface area (Å²) in [6.45, 7) is 0. The lowest BCUT2D eigenvalue weighted by Crippen LogP contribution is -2.10. The van der Waals surface area contributed by atoms with E-state index in [0.29, 0.717) is 0 Å². The standard InChI is InChI=1S/C10H4F4N2/c11-7-3-6(1-2-15)8(5-16)9(4-7)10(12,13)14/h3-4H,1H2. The van der Waals surface area contributed by atoms with Gasteiger partial charge in [-0.3, -0.25) is 0 Å². The molecule has 0 aliphatic rings. The SMILES string of the molecule is N#CCc1cc(F)cc(C(F)(F)F)c1C#N. The topological polar surface area (TPSA) is 47.6 Å². The molecule has 6 heteroatoms. The van der Waals surface area contributed by atoms with Crippen molar-refractivity contribution in [3.63, 3.8) is 0 Å². The molecule has 0 amide bonds. The Morgan fingerprint density at radius 2 is 1.81 bits per heavy atom. The van der Waals surface area contributed by atoms with Gasteiger partial charge in [0.25, 0.3) is 0 Å². The van der Waals surface area contributed by atoms with E-state index in [1.807, 2.05) is 0 Å². The van der Waals surface area contributed by atoms with Gasteiger partial charge in [-0.05, 0) is 17.7 Å². The van der Waals surface area contributed by atoms with Crippen LogP contribution in [0.15, 0.2) is 12.1 Å². The Hall–Kier alpha value is -2.08. The molecule has 0 aliphatic heterocycles. The van der Waals surface area contributed by atoms with Gasteiger partial charge < -0.3 is 0 Å². The van der Waals surface area contributed by atoms with Crippen LogP contribution in [0.2, 0.25) is 0 Å². The quantitative estimate of drug-likeness (QED) is 0.694. The monoisotopic (exact) mass is 228 g/mol. The van der Waals surface area contributed by atoms with E-state index in [0.717, 1.165) is 6.07 Å². The van der Waals surface area contributed by atoms with Gasteiger partial charge in [0.05, 0.1) is 23.6 Å². The highest BCUT2D eigenvalue weighted by atomic mass is 19.4. The van der Waals surface area contributed by atoms with Crippen LogP contribution in [-0.2, 0) is 12.6 Å². The summed E-state index contributed by atoms with van der Waals surface area (Å²) in [4.78, 5) is 0. The zero-order chi connectivity index (χ0) is 12.3. The van der Waals surface area contributed by atoms with E-state index >= 15 is 0 Å². The second-order valence-corrected chi connectivity index (χ2v) is 2.93. The van der Waals surface area contributed by atoms with Crippen LogP contribution in [0.25, 0.3) is 0 Å². The number of rotatable bonds is 1. The van der Waals surface area contributed by atoms with Crippen LogP contribution in [0.4, 0.5) is 17.6 Å². The zero-order valence-electron chi connectivity index (χ0n) is 7.77. The lowest BCUT2D eigenvalue weighted by molar-refractivity contribution is -0.138. The minimum atomic E-state index is -4.81. The van der Waals surface area contributed by atoms with E-state index < -0.39 is 29.5 Å². The summed E-state index contributed by atoms with van der Waals surface area (Å²) < 4.78 is 50.2. The van der Waals surface area contributed by atoms with E-state index in [2.05, 4.69) is 0 Å². The van der Waals surface area contributed by atoms with Crippen molar-refractivity contribution < 1.29 is 17.6 Å². The van der Waals surface area contributed by atoms with E-state index in [4.69, 9.17) is 10.5 Å². The lowest BCUT2D eigenvalue weighted by atomic mass is 9.99. The molecule has 0 aliphatic carbocycles. The van der Waals surface area contributed by atoms with Gasteiger partial charge in [-0.15, -0.1) is 0 Å². The lowest BCUT2D eigenvalue weighted by Gasteiger charge is -2.11. The molecule has 0 bridgehead atoms. The summed E-state index contributed by atoms with van der Waals surface area (Å²) in [5.74, 6) is -1.11. The average molecular weight is 228 g/mol. The molecule has 1 rings (SSSR count). The van der Waals surface area contributed by atoms with E-state index in [1.165, 1.54) is 6.07 Å². The summed E-state index contributed by atoms with van der Waals surface area (Å²) >= 11 is 0. The third-order valence-electron chi connectivity index (χ3n) is 1.87. The number of hydrogen-bond acceptors (Lipinski definition) is 2. The minimum Gasteiger partial charge on any atom is -0.207 e. The first kappa shape index (κ1) is 12.0. The van der Waals surface area contributed by atoms with Gasteiger partial charge in [-0.25, -0.2) is 4.39 Å². The predicted octanol–water partition coefficient (Wildman–Crippen LogP) is 2.78. The molecule has 82 valence electrons. The fourth-order valence-corrected chi connectivity index (χ4v) is 1.24.